The van der Waals surface area contributed by atoms with Crippen LogP contribution >= 0.6 is 11.6 Å². The zero-order chi connectivity index (χ0) is 23.7. The molecule has 5 rings (SSSR count). The molecule has 0 radical (unpaired) electrons. The lowest BCUT2D eigenvalue weighted by atomic mass is 10.3. The van der Waals surface area contributed by atoms with E-state index in [1.54, 1.807) is 36.0 Å². The SMILES string of the molecule is Cc1cc(NC(=O)COc2ccc(F)cc2)n(-c2ncnc3c2cnn3-c2cccc(Cl)c2)n1. The first kappa shape index (κ1) is 21.5. The maximum Gasteiger partial charge on any atom is 0.263 e. The van der Waals surface area contributed by atoms with E-state index in [-0.39, 0.29) is 12.4 Å². The second-order valence-electron chi connectivity index (χ2n) is 7.34. The number of benzene rings is 2. The van der Waals surface area contributed by atoms with Gasteiger partial charge in [-0.2, -0.15) is 14.9 Å². The first-order valence-electron chi connectivity index (χ1n) is 10.2. The van der Waals surface area contributed by atoms with Crippen molar-refractivity contribution in [2.24, 2.45) is 0 Å². The monoisotopic (exact) mass is 477 g/mol. The Morgan fingerprint density at radius 1 is 1.12 bits per heavy atom. The number of carbonyl (C=O) groups excluding carboxylic acids is 1. The molecule has 0 atom stereocenters. The van der Waals surface area contributed by atoms with Gasteiger partial charge in [0.15, 0.2) is 18.1 Å². The van der Waals surface area contributed by atoms with E-state index in [1.165, 1.54) is 35.3 Å². The third-order valence-electron chi connectivity index (χ3n) is 4.88. The molecule has 3 heterocycles. The van der Waals surface area contributed by atoms with Gasteiger partial charge in [-0.1, -0.05) is 17.7 Å². The number of rotatable bonds is 6. The van der Waals surface area contributed by atoms with E-state index >= 15 is 0 Å². The fourth-order valence-electron chi connectivity index (χ4n) is 3.41. The van der Waals surface area contributed by atoms with Crippen LogP contribution in [0.4, 0.5) is 10.2 Å². The zero-order valence-electron chi connectivity index (χ0n) is 17.8. The Labute approximate surface area is 197 Å². The predicted octanol–water partition coefficient (Wildman–Crippen LogP) is 4.12. The summed E-state index contributed by atoms with van der Waals surface area (Å²) in [5.74, 6) is 0.436. The highest BCUT2D eigenvalue weighted by atomic mass is 35.5. The van der Waals surface area contributed by atoms with Gasteiger partial charge in [0.2, 0.25) is 0 Å². The van der Waals surface area contributed by atoms with Crippen molar-refractivity contribution in [2.75, 3.05) is 11.9 Å². The normalized spacial score (nSPS) is 11.0. The van der Waals surface area contributed by atoms with Gasteiger partial charge in [0.1, 0.15) is 23.7 Å². The molecule has 9 nitrogen and oxygen atoms in total. The van der Waals surface area contributed by atoms with Crippen LogP contribution in [-0.4, -0.2) is 42.0 Å². The van der Waals surface area contributed by atoms with Crippen LogP contribution in [-0.2, 0) is 4.79 Å². The number of hydrogen-bond acceptors (Lipinski definition) is 6. The molecule has 0 saturated heterocycles. The van der Waals surface area contributed by atoms with E-state index in [1.807, 2.05) is 12.1 Å². The molecule has 0 aliphatic heterocycles. The molecule has 0 saturated carbocycles. The van der Waals surface area contributed by atoms with Crippen molar-refractivity contribution in [1.82, 2.24) is 29.5 Å². The Bertz CT molecular complexity index is 1500. The fraction of sp³-hybridized carbons (Fsp3) is 0.0870. The van der Waals surface area contributed by atoms with Gasteiger partial charge in [-0.25, -0.2) is 19.0 Å². The number of hydrogen-bond donors (Lipinski definition) is 1. The molecular weight excluding hydrogens is 461 g/mol. The van der Waals surface area contributed by atoms with Crippen molar-refractivity contribution >= 4 is 34.4 Å². The van der Waals surface area contributed by atoms with Gasteiger partial charge in [-0.3, -0.25) is 4.79 Å². The Balaban J connectivity index is 1.43. The minimum absolute atomic E-state index is 0.262. The molecule has 0 aliphatic carbocycles. The van der Waals surface area contributed by atoms with Crippen molar-refractivity contribution in [2.45, 2.75) is 6.92 Å². The van der Waals surface area contributed by atoms with Crippen molar-refractivity contribution < 1.29 is 13.9 Å². The number of anilines is 1. The van der Waals surface area contributed by atoms with Crippen molar-refractivity contribution in [3.05, 3.63) is 83.7 Å². The minimum atomic E-state index is -0.412. The van der Waals surface area contributed by atoms with E-state index in [2.05, 4.69) is 25.5 Å². The second kappa shape index (κ2) is 8.91. The number of nitrogens with zero attached hydrogens (tertiary/aromatic N) is 6. The Hall–Kier alpha value is -4.31. The van der Waals surface area contributed by atoms with Crippen LogP contribution < -0.4 is 10.1 Å². The minimum Gasteiger partial charge on any atom is -0.484 e. The molecule has 2 aromatic carbocycles. The number of carbonyl (C=O) groups is 1. The highest BCUT2D eigenvalue weighted by molar-refractivity contribution is 6.30. The topological polar surface area (TPSA) is 99.7 Å². The Kier molecular flexibility index (Phi) is 5.64. The maximum absolute atomic E-state index is 13.0. The number of halogens is 2. The van der Waals surface area contributed by atoms with Crippen LogP contribution in [0.2, 0.25) is 5.02 Å². The van der Waals surface area contributed by atoms with E-state index in [4.69, 9.17) is 16.3 Å². The summed E-state index contributed by atoms with van der Waals surface area (Å²) in [5, 5.41) is 12.9. The summed E-state index contributed by atoms with van der Waals surface area (Å²) in [6.45, 7) is 1.54. The van der Waals surface area contributed by atoms with Crippen LogP contribution in [0.15, 0.2) is 67.1 Å². The molecule has 0 bridgehead atoms. The number of aryl methyl sites for hydroxylation is 1. The van der Waals surface area contributed by atoms with Gasteiger partial charge < -0.3 is 10.1 Å². The number of ether oxygens (including phenoxy) is 1. The van der Waals surface area contributed by atoms with Gasteiger partial charge in [0, 0.05) is 11.1 Å². The average Bonchev–Trinajstić information content (AvgIpc) is 3.42. The molecule has 170 valence electrons. The van der Waals surface area contributed by atoms with Crippen LogP contribution in [0.25, 0.3) is 22.5 Å². The molecule has 11 heteroatoms. The summed E-state index contributed by atoms with van der Waals surface area (Å²) in [4.78, 5) is 21.3. The Morgan fingerprint density at radius 3 is 2.74 bits per heavy atom. The first-order chi connectivity index (χ1) is 16.5. The van der Waals surface area contributed by atoms with E-state index in [0.717, 1.165) is 5.69 Å². The largest absolute Gasteiger partial charge is 0.484 e. The van der Waals surface area contributed by atoms with Crippen molar-refractivity contribution in [3.63, 3.8) is 0 Å². The quantitative estimate of drug-likeness (QED) is 0.395. The smallest absolute Gasteiger partial charge is 0.263 e. The molecule has 0 unspecified atom stereocenters. The molecule has 0 spiro atoms. The van der Waals surface area contributed by atoms with E-state index in [0.29, 0.717) is 39.1 Å². The standard InChI is InChI=1S/C23H17ClFN7O2/c1-14-9-20(29-21(33)12-34-18-7-5-16(25)6-8-18)32(30-14)23-19-11-28-31(22(19)26-13-27-23)17-4-2-3-15(24)10-17/h2-11,13H,12H2,1H3,(H,29,33). The van der Waals surface area contributed by atoms with Crippen molar-refractivity contribution in [3.8, 4) is 17.3 Å². The lowest BCUT2D eigenvalue weighted by molar-refractivity contribution is -0.118. The van der Waals surface area contributed by atoms with Gasteiger partial charge in [-0.15, -0.1) is 0 Å². The number of fused-ring (bicyclic) bond motifs is 1. The van der Waals surface area contributed by atoms with Crippen LogP contribution in [0.5, 0.6) is 5.75 Å². The molecule has 34 heavy (non-hydrogen) atoms. The average molecular weight is 478 g/mol. The summed E-state index contributed by atoms with van der Waals surface area (Å²) >= 11 is 6.13. The third kappa shape index (κ3) is 4.30. The van der Waals surface area contributed by atoms with Gasteiger partial charge >= 0.3 is 0 Å². The molecule has 0 aliphatic rings. The summed E-state index contributed by atoms with van der Waals surface area (Å²) < 4.78 is 21.6. The van der Waals surface area contributed by atoms with E-state index in [9.17, 15) is 9.18 Å². The van der Waals surface area contributed by atoms with Crippen LogP contribution in [0.3, 0.4) is 0 Å². The fourth-order valence-corrected chi connectivity index (χ4v) is 3.59. The molecule has 0 fully saturated rings. The molecule has 1 amide bonds. The number of aromatic nitrogens is 6. The highest BCUT2D eigenvalue weighted by Gasteiger charge is 2.18. The number of nitrogens with one attached hydrogen (secondary N) is 1. The maximum atomic E-state index is 13.0. The molecule has 5 aromatic rings. The lowest BCUT2D eigenvalue weighted by Crippen LogP contribution is -2.22. The summed E-state index contributed by atoms with van der Waals surface area (Å²) in [7, 11) is 0. The molecule has 1 N–H and O–H groups in total. The first-order valence-corrected chi connectivity index (χ1v) is 10.6. The predicted molar refractivity (Wildman–Crippen MR) is 124 cm³/mol. The lowest BCUT2D eigenvalue weighted by Gasteiger charge is -2.10. The zero-order valence-corrected chi connectivity index (χ0v) is 18.6. The second-order valence-corrected chi connectivity index (χ2v) is 7.78. The van der Waals surface area contributed by atoms with Crippen LogP contribution in [0.1, 0.15) is 5.69 Å². The summed E-state index contributed by atoms with van der Waals surface area (Å²) in [6.07, 6.45) is 3.03. The van der Waals surface area contributed by atoms with E-state index < -0.39 is 5.91 Å². The summed E-state index contributed by atoms with van der Waals surface area (Å²) in [6, 6.07) is 14.4. The highest BCUT2D eigenvalue weighted by Crippen LogP contribution is 2.25. The number of amides is 1. The molecule has 3 aromatic heterocycles. The van der Waals surface area contributed by atoms with Gasteiger partial charge in [0.25, 0.3) is 5.91 Å². The summed E-state index contributed by atoms with van der Waals surface area (Å²) in [5.41, 5.74) is 1.97. The van der Waals surface area contributed by atoms with Crippen molar-refractivity contribution in [1.29, 1.82) is 0 Å². The third-order valence-corrected chi connectivity index (χ3v) is 5.12. The van der Waals surface area contributed by atoms with Gasteiger partial charge in [-0.05, 0) is 49.4 Å². The Morgan fingerprint density at radius 2 is 1.94 bits per heavy atom. The van der Waals surface area contributed by atoms with Crippen LogP contribution in [0, 0.1) is 12.7 Å². The van der Waals surface area contributed by atoms with Gasteiger partial charge in [0.05, 0.1) is 23.0 Å². The molecular formula is C23H17ClFN7O2.